The van der Waals surface area contributed by atoms with Crippen LogP contribution in [-0.4, -0.2) is 19.5 Å². The van der Waals surface area contributed by atoms with E-state index in [1.807, 2.05) is 23.5 Å². The lowest BCUT2D eigenvalue weighted by Gasteiger charge is -2.16. The first-order valence-electron chi connectivity index (χ1n) is 21.6. The first-order chi connectivity index (χ1) is 31.7. The highest BCUT2D eigenvalue weighted by Crippen LogP contribution is 2.47. The summed E-state index contributed by atoms with van der Waals surface area (Å²) in [5.74, 6) is 1.86. The number of nitrogens with zero attached hydrogens (tertiary/aromatic N) is 4. The lowest BCUT2D eigenvalue weighted by Crippen LogP contribution is -2.04. The third-order valence-corrected chi connectivity index (χ3v) is 13.9. The molecule has 0 aliphatic carbocycles. The van der Waals surface area contributed by atoms with Gasteiger partial charge in [-0.05, 0) is 74.1 Å². The molecular formula is C59H36N4S. The fraction of sp³-hybridized carbons (Fsp3) is 0. The summed E-state index contributed by atoms with van der Waals surface area (Å²) in [6.45, 7) is 0. The van der Waals surface area contributed by atoms with Crippen LogP contribution in [0, 0.1) is 0 Å². The lowest BCUT2D eigenvalue weighted by molar-refractivity contribution is 1.07. The zero-order valence-electron chi connectivity index (χ0n) is 34.5. The molecule has 4 nitrogen and oxygen atoms in total. The van der Waals surface area contributed by atoms with Gasteiger partial charge in [0.2, 0.25) is 0 Å². The number of rotatable bonds is 6. The summed E-state index contributed by atoms with van der Waals surface area (Å²) >= 11 is 1.83. The average Bonchev–Trinajstić information content (AvgIpc) is 3.91. The maximum atomic E-state index is 5.52. The first kappa shape index (κ1) is 36.4. The third kappa shape index (κ3) is 5.93. The van der Waals surface area contributed by atoms with Crippen molar-refractivity contribution >= 4 is 74.9 Å². The molecule has 0 radical (unpaired) electrons. The molecule has 64 heavy (non-hydrogen) atoms. The van der Waals surface area contributed by atoms with Crippen molar-refractivity contribution in [2.24, 2.45) is 0 Å². The van der Waals surface area contributed by atoms with E-state index in [1.165, 1.54) is 47.1 Å². The number of hydrogen-bond donors (Lipinski definition) is 0. The van der Waals surface area contributed by atoms with E-state index in [0.717, 1.165) is 61.1 Å². The van der Waals surface area contributed by atoms with E-state index in [0.29, 0.717) is 17.5 Å². The number of para-hydroxylation sites is 1. The molecule has 0 saturated heterocycles. The highest BCUT2D eigenvalue weighted by molar-refractivity contribution is 7.26. The second kappa shape index (κ2) is 14.7. The highest BCUT2D eigenvalue weighted by Gasteiger charge is 2.24. The van der Waals surface area contributed by atoms with Gasteiger partial charge in [0.15, 0.2) is 17.5 Å². The van der Waals surface area contributed by atoms with Crippen molar-refractivity contribution in [3.8, 4) is 62.1 Å². The minimum Gasteiger partial charge on any atom is -0.308 e. The predicted octanol–water partition coefficient (Wildman–Crippen LogP) is 16.0. The quantitative estimate of drug-likeness (QED) is 0.168. The van der Waals surface area contributed by atoms with Gasteiger partial charge in [0, 0.05) is 42.1 Å². The van der Waals surface area contributed by atoms with Crippen molar-refractivity contribution in [1.29, 1.82) is 0 Å². The van der Waals surface area contributed by atoms with E-state index in [4.69, 9.17) is 15.0 Å². The van der Waals surface area contributed by atoms with Gasteiger partial charge >= 0.3 is 0 Å². The van der Waals surface area contributed by atoms with E-state index in [9.17, 15) is 0 Å². The zero-order chi connectivity index (χ0) is 42.1. The second-order valence-corrected chi connectivity index (χ2v) is 17.4. The molecule has 3 heterocycles. The van der Waals surface area contributed by atoms with Crippen molar-refractivity contribution < 1.29 is 0 Å². The van der Waals surface area contributed by atoms with E-state index in [-0.39, 0.29) is 0 Å². The maximum Gasteiger partial charge on any atom is 0.166 e. The molecule has 0 spiro atoms. The molecule has 0 aliphatic rings. The number of hydrogen-bond acceptors (Lipinski definition) is 4. The fourth-order valence-electron chi connectivity index (χ4n) is 9.54. The lowest BCUT2D eigenvalue weighted by atomic mass is 10.00. The Morgan fingerprint density at radius 1 is 0.328 bits per heavy atom. The Bertz CT molecular complexity index is 3830. The number of aromatic nitrogens is 4. The van der Waals surface area contributed by atoms with Crippen LogP contribution in [0.2, 0.25) is 0 Å². The van der Waals surface area contributed by atoms with Crippen LogP contribution >= 0.6 is 11.3 Å². The molecule has 0 saturated carbocycles. The van der Waals surface area contributed by atoms with Gasteiger partial charge in [-0.1, -0.05) is 188 Å². The van der Waals surface area contributed by atoms with Crippen LogP contribution in [0.15, 0.2) is 218 Å². The SMILES string of the molecule is c1ccc(-c2ccc(-c3nc(-c4ccc(-c5ccccc5)cc4)nc(-c4c(-n5c6ccccc6c6cc7ccccc7cc65)ccc5sc6c7ccccc7ccc6c45)n3)cc2)cc1. The zero-order valence-corrected chi connectivity index (χ0v) is 35.3. The second-order valence-electron chi connectivity index (χ2n) is 16.4. The van der Waals surface area contributed by atoms with Crippen molar-refractivity contribution in [2.75, 3.05) is 0 Å². The molecular weight excluding hydrogens is 797 g/mol. The summed E-state index contributed by atoms with van der Waals surface area (Å²) < 4.78 is 4.87. The molecule has 0 amide bonds. The first-order valence-corrected chi connectivity index (χ1v) is 22.4. The molecule has 3 aromatic heterocycles. The topological polar surface area (TPSA) is 43.6 Å². The van der Waals surface area contributed by atoms with Crippen molar-refractivity contribution in [1.82, 2.24) is 19.5 Å². The smallest absolute Gasteiger partial charge is 0.166 e. The Morgan fingerprint density at radius 3 is 1.50 bits per heavy atom. The standard InChI is InChI=1S/C59H36N4S/c1-3-13-37(14-4-1)39-23-27-42(28-24-39)57-60-58(43-29-25-40(26-30-43)38-15-5-2-6-16-38)62-59(61-57)55-51(33-34-53-54(55)48-32-31-41-17-9-10-20-46(41)56(48)64-53)63-50-22-12-11-21-47(50)49-35-44-18-7-8-19-45(44)36-52(49)63/h1-36H. The van der Waals surface area contributed by atoms with Gasteiger partial charge in [-0.25, -0.2) is 15.0 Å². The van der Waals surface area contributed by atoms with E-state index in [2.05, 4.69) is 211 Å². The molecule has 13 rings (SSSR count). The normalized spacial score (nSPS) is 11.8. The molecule has 0 N–H and O–H groups in total. The Labute approximate surface area is 373 Å². The van der Waals surface area contributed by atoms with Crippen LogP contribution in [-0.2, 0) is 0 Å². The monoisotopic (exact) mass is 832 g/mol. The van der Waals surface area contributed by atoms with Gasteiger partial charge in [0.25, 0.3) is 0 Å². The molecule has 0 unspecified atom stereocenters. The summed E-state index contributed by atoms with van der Waals surface area (Å²) in [5, 5.41) is 9.59. The van der Waals surface area contributed by atoms with E-state index >= 15 is 0 Å². The Kier molecular flexibility index (Phi) is 8.36. The fourth-order valence-corrected chi connectivity index (χ4v) is 10.8. The molecule has 10 aromatic carbocycles. The average molecular weight is 833 g/mol. The Balaban J connectivity index is 1.12. The van der Waals surface area contributed by atoms with Gasteiger partial charge in [0.1, 0.15) is 0 Å². The van der Waals surface area contributed by atoms with Gasteiger partial charge in [0.05, 0.1) is 22.3 Å². The predicted molar refractivity (Wildman–Crippen MR) is 269 cm³/mol. The van der Waals surface area contributed by atoms with Crippen molar-refractivity contribution in [2.45, 2.75) is 0 Å². The summed E-state index contributed by atoms with van der Waals surface area (Å²) in [5.41, 5.74) is 10.7. The molecule has 0 bridgehead atoms. The molecule has 0 aliphatic heterocycles. The summed E-state index contributed by atoms with van der Waals surface area (Å²) in [6, 6.07) is 78.0. The van der Waals surface area contributed by atoms with E-state index in [1.54, 1.807) is 0 Å². The van der Waals surface area contributed by atoms with Crippen LogP contribution < -0.4 is 0 Å². The van der Waals surface area contributed by atoms with Gasteiger partial charge in [-0.15, -0.1) is 11.3 Å². The third-order valence-electron chi connectivity index (χ3n) is 12.6. The summed E-state index contributed by atoms with van der Waals surface area (Å²) in [4.78, 5) is 16.3. The van der Waals surface area contributed by atoms with Crippen LogP contribution in [0.25, 0.3) is 126 Å². The molecule has 0 atom stereocenters. The maximum absolute atomic E-state index is 5.52. The Hall–Kier alpha value is -8.25. The largest absolute Gasteiger partial charge is 0.308 e. The van der Waals surface area contributed by atoms with Crippen LogP contribution in [0.3, 0.4) is 0 Å². The minimum absolute atomic E-state index is 0.618. The molecule has 5 heteroatoms. The van der Waals surface area contributed by atoms with Gasteiger partial charge < -0.3 is 4.57 Å². The summed E-state index contributed by atoms with van der Waals surface area (Å²) in [6.07, 6.45) is 0. The van der Waals surface area contributed by atoms with Crippen LogP contribution in [0.5, 0.6) is 0 Å². The highest BCUT2D eigenvalue weighted by atomic mass is 32.1. The van der Waals surface area contributed by atoms with Crippen molar-refractivity contribution in [3.63, 3.8) is 0 Å². The van der Waals surface area contributed by atoms with E-state index < -0.39 is 0 Å². The van der Waals surface area contributed by atoms with Gasteiger partial charge in [-0.2, -0.15) is 0 Å². The van der Waals surface area contributed by atoms with Gasteiger partial charge in [-0.3, -0.25) is 0 Å². The number of fused-ring (bicyclic) bond motifs is 9. The number of thiophene rings is 1. The molecule has 13 aromatic rings. The number of benzene rings is 10. The van der Waals surface area contributed by atoms with Crippen LogP contribution in [0.4, 0.5) is 0 Å². The molecule has 298 valence electrons. The van der Waals surface area contributed by atoms with Crippen molar-refractivity contribution in [3.05, 3.63) is 218 Å². The summed E-state index contributed by atoms with van der Waals surface area (Å²) in [7, 11) is 0. The molecule has 0 fully saturated rings. The Morgan fingerprint density at radius 2 is 0.844 bits per heavy atom. The van der Waals surface area contributed by atoms with Crippen LogP contribution in [0.1, 0.15) is 0 Å². The minimum atomic E-state index is 0.618.